The van der Waals surface area contributed by atoms with Crippen LogP contribution in [0.15, 0.2) is 30.3 Å². The average Bonchev–Trinajstić information content (AvgIpc) is 2.31. The van der Waals surface area contributed by atoms with Crippen molar-refractivity contribution in [3.8, 4) is 0 Å². The Kier molecular flexibility index (Phi) is 5.22. The van der Waals surface area contributed by atoms with Crippen molar-refractivity contribution in [2.24, 2.45) is 0 Å². The Labute approximate surface area is 94.8 Å². The van der Waals surface area contributed by atoms with E-state index in [0.717, 1.165) is 11.8 Å². The van der Waals surface area contributed by atoms with Gasteiger partial charge in [-0.1, -0.05) is 30.3 Å². The van der Waals surface area contributed by atoms with Crippen LogP contribution in [0.3, 0.4) is 0 Å². The van der Waals surface area contributed by atoms with Gasteiger partial charge in [0.2, 0.25) is 0 Å². The van der Waals surface area contributed by atoms with Crippen LogP contribution < -0.4 is 0 Å². The molecule has 4 heteroatoms. The Morgan fingerprint density at radius 2 is 2.00 bits per heavy atom. The summed E-state index contributed by atoms with van der Waals surface area (Å²) in [6, 6.07) is 9.40. The van der Waals surface area contributed by atoms with Crippen molar-refractivity contribution >= 4 is 12.8 Å². The quantitative estimate of drug-likeness (QED) is 0.641. The Bertz CT molecular complexity index is 326. The first-order valence-electron chi connectivity index (χ1n) is 5.02. The molecule has 1 rings (SSSR count). The molecule has 0 radical (unpaired) electrons. The summed E-state index contributed by atoms with van der Waals surface area (Å²) >= 11 is 0. The van der Waals surface area contributed by atoms with E-state index in [0.29, 0.717) is 13.0 Å². The number of likely N-dealkylation sites (N-methyl/N-ethyl adjacent to an activating group) is 1. The molecule has 1 unspecified atom stereocenters. The lowest BCUT2D eigenvalue weighted by molar-refractivity contribution is -0.131. The molecule has 0 amide bonds. The van der Waals surface area contributed by atoms with E-state index >= 15 is 0 Å². The molecule has 0 saturated heterocycles. The molecule has 0 N–H and O–H groups in total. The average molecular weight is 221 g/mol. The molecule has 0 aromatic heterocycles. The van der Waals surface area contributed by atoms with Gasteiger partial charge in [0.1, 0.15) is 18.9 Å². The summed E-state index contributed by atoms with van der Waals surface area (Å²) in [4.78, 5) is 22.7. The van der Waals surface area contributed by atoms with Gasteiger partial charge in [-0.3, -0.25) is 9.69 Å². The number of benzene rings is 1. The van der Waals surface area contributed by atoms with Crippen LogP contribution in [0.25, 0.3) is 0 Å². The maximum absolute atomic E-state index is 10.8. The molecule has 1 aromatic carbocycles. The van der Waals surface area contributed by atoms with Crippen LogP contribution in [-0.2, 0) is 20.9 Å². The molecule has 0 aliphatic rings. The Morgan fingerprint density at radius 1 is 1.31 bits per heavy atom. The molecular formula is C12H15NO3. The molecule has 0 aliphatic heterocycles. The second kappa shape index (κ2) is 6.74. The van der Waals surface area contributed by atoms with Crippen LogP contribution in [-0.4, -0.2) is 37.4 Å². The molecule has 0 aliphatic carbocycles. The Balaban J connectivity index is 2.52. The second-order valence-electron chi connectivity index (χ2n) is 3.53. The first kappa shape index (κ1) is 12.4. The smallest absolute Gasteiger partial charge is 0.293 e. The largest absolute Gasteiger partial charge is 0.466 e. The monoisotopic (exact) mass is 221 g/mol. The third-order valence-corrected chi connectivity index (χ3v) is 2.33. The van der Waals surface area contributed by atoms with Gasteiger partial charge in [-0.05, 0) is 12.6 Å². The molecule has 16 heavy (non-hydrogen) atoms. The van der Waals surface area contributed by atoms with Gasteiger partial charge in [0, 0.05) is 6.54 Å². The highest BCUT2D eigenvalue weighted by Crippen LogP contribution is 2.05. The topological polar surface area (TPSA) is 46.6 Å². The van der Waals surface area contributed by atoms with Crippen LogP contribution in [0.1, 0.15) is 5.56 Å². The number of carbonyl (C=O) groups is 2. The first-order chi connectivity index (χ1) is 7.77. The van der Waals surface area contributed by atoms with Gasteiger partial charge in [0.05, 0.1) is 0 Å². The van der Waals surface area contributed by atoms with Crippen molar-refractivity contribution < 1.29 is 14.3 Å². The molecule has 0 saturated carbocycles. The zero-order valence-corrected chi connectivity index (χ0v) is 9.20. The third-order valence-electron chi connectivity index (χ3n) is 2.33. The van der Waals surface area contributed by atoms with E-state index in [9.17, 15) is 9.59 Å². The molecule has 0 heterocycles. The first-order valence-corrected chi connectivity index (χ1v) is 5.02. The summed E-state index contributed by atoms with van der Waals surface area (Å²) < 4.78 is 4.59. The Morgan fingerprint density at radius 3 is 2.56 bits per heavy atom. The minimum atomic E-state index is -0.398. The van der Waals surface area contributed by atoms with Gasteiger partial charge in [-0.2, -0.15) is 0 Å². The fourth-order valence-electron chi connectivity index (χ4n) is 1.40. The third kappa shape index (κ3) is 3.82. The van der Waals surface area contributed by atoms with Gasteiger partial charge in [-0.15, -0.1) is 0 Å². The summed E-state index contributed by atoms with van der Waals surface area (Å²) in [5.74, 6) is 0. The second-order valence-corrected chi connectivity index (χ2v) is 3.53. The number of rotatable bonds is 7. The fraction of sp³-hybridized carbons (Fsp3) is 0.333. The number of ether oxygens (including phenoxy) is 1. The lowest BCUT2D eigenvalue weighted by Crippen LogP contribution is -2.36. The zero-order valence-electron chi connectivity index (χ0n) is 9.20. The molecule has 0 bridgehead atoms. The predicted octanol–water partition coefficient (Wildman–Crippen LogP) is 0.859. The normalized spacial score (nSPS) is 12.1. The van der Waals surface area contributed by atoms with Crippen molar-refractivity contribution in [2.75, 3.05) is 13.7 Å². The molecule has 86 valence electrons. The number of nitrogens with zero attached hydrogens (tertiary/aromatic N) is 1. The zero-order chi connectivity index (χ0) is 11.8. The van der Waals surface area contributed by atoms with Crippen LogP contribution in [0.2, 0.25) is 0 Å². The van der Waals surface area contributed by atoms with E-state index in [2.05, 4.69) is 4.74 Å². The lowest BCUT2D eigenvalue weighted by atomic mass is 10.2. The van der Waals surface area contributed by atoms with Gasteiger partial charge in [-0.25, -0.2) is 0 Å². The minimum absolute atomic E-state index is 0.0936. The molecular weight excluding hydrogens is 206 g/mol. The number of hydrogen-bond acceptors (Lipinski definition) is 4. The minimum Gasteiger partial charge on any atom is -0.466 e. The molecule has 1 aromatic rings. The van der Waals surface area contributed by atoms with Gasteiger partial charge < -0.3 is 9.53 Å². The number of hydrogen-bond donors (Lipinski definition) is 0. The van der Waals surface area contributed by atoms with Crippen LogP contribution in [0.5, 0.6) is 0 Å². The number of carbonyl (C=O) groups excluding carboxylic acids is 2. The van der Waals surface area contributed by atoms with E-state index in [1.54, 1.807) is 0 Å². The summed E-state index contributed by atoms with van der Waals surface area (Å²) in [5.41, 5.74) is 1.11. The van der Waals surface area contributed by atoms with Gasteiger partial charge in [0.25, 0.3) is 6.47 Å². The predicted molar refractivity (Wildman–Crippen MR) is 59.8 cm³/mol. The number of aldehydes is 1. The van der Waals surface area contributed by atoms with Crippen molar-refractivity contribution in [1.82, 2.24) is 4.90 Å². The summed E-state index contributed by atoms with van der Waals surface area (Å²) in [5, 5.41) is 0. The van der Waals surface area contributed by atoms with E-state index in [1.807, 2.05) is 42.3 Å². The van der Waals surface area contributed by atoms with Gasteiger partial charge in [0.15, 0.2) is 0 Å². The maximum atomic E-state index is 10.8. The molecule has 0 spiro atoms. The van der Waals surface area contributed by atoms with Crippen LogP contribution in [0.4, 0.5) is 0 Å². The van der Waals surface area contributed by atoms with Crippen molar-refractivity contribution in [3.05, 3.63) is 35.9 Å². The summed E-state index contributed by atoms with van der Waals surface area (Å²) in [6.45, 7) is 1.09. The molecule has 1 atom stereocenters. The van der Waals surface area contributed by atoms with Crippen molar-refractivity contribution in [1.29, 1.82) is 0 Å². The van der Waals surface area contributed by atoms with E-state index in [4.69, 9.17) is 0 Å². The molecule has 0 fully saturated rings. The van der Waals surface area contributed by atoms with E-state index < -0.39 is 6.04 Å². The standard InChI is InChI=1S/C12H15NO3/c1-13(12(8-14)9-16-10-15)7-11-5-3-2-4-6-11/h2-6,8,10,12H,7,9H2,1H3. The van der Waals surface area contributed by atoms with Crippen molar-refractivity contribution in [2.45, 2.75) is 12.6 Å². The highest BCUT2D eigenvalue weighted by Gasteiger charge is 2.14. The summed E-state index contributed by atoms with van der Waals surface area (Å²) in [6.07, 6.45) is 0.784. The van der Waals surface area contributed by atoms with Crippen LogP contribution >= 0.6 is 0 Å². The highest BCUT2D eigenvalue weighted by atomic mass is 16.5. The fourth-order valence-corrected chi connectivity index (χ4v) is 1.40. The van der Waals surface area contributed by atoms with E-state index in [1.165, 1.54) is 0 Å². The SMILES string of the molecule is CN(Cc1ccccc1)C(C=O)COC=O. The van der Waals surface area contributed by atoms with E-state index in [-0.39, 0.29) is 6.61 Å². The summed E-state index contributed by atoms with van der Waals surface area (Å²) in [7, 11) is 1.82. The van der Waals surface area contributed by atoms with Gasteiger partial charge >= 0.3 is 0 Å². The maximum Gasteiger partial charge on any atom is 0.293 e. The highest BCUT2D eigenvalue weighted by molar-refractivity contribution is 5.58. The van der Waals surface area contributed by atoms with Crippen molar-refractivity contribution in [3.63, 3.8) is 0 Å². The van der Waals surface area contributed by atoms with Crippen LogP contribution in [0, 0.1) is 0 Å². The molecule has 4 nitrogen and oxygen atoms in total. The lowest BCUT2D eigenvalue weighted by Gasteiger charge is -2.22. The Hall–Kier alpha value is -1.68.